The highest BCUT2D eigenvalue weighted by Gasteiger charge is 2.29. The fourth-order valence-corrected chi connectivity index (χ4v) is 5.46. The van der Waals surface area contributed by atoms with Gasteiger partial charge in [0, 0.05) is 48.4 Å². The standard InChI is InChI=1S/C30H36N2O5S/c1-34-26-10-7-22(20-28(26)36-3)13-16-31-17-14-23(15-18-31)32(30(33)12-9-25-6-5-19-38-25)24-8-11-27(35-2)29(21-24)37-4/h5-12,19-21,23H,13-18H2,1-4H3. The number of benzene rings is 2. The van der Waals surface area contributed by atoms with Crippen LogP contribution < -0.4 is 23.8 Å². The summed E-state index contributed by atoms with van der Waals surface area (Å²) in [6.45, 7) is 2.79. The molecule has 38 heavy (non-hydrogen) atoms. The average molecular weight is 537 g/mol. The molecular weight excluding hydrogens is 500 g/mol. The van der Waals surface area contributed by atoms with Gasteiger partial charge in [-0.2, -0.15) is 0 Å². The average Bonchev–Trinajstić information content (AvgIpc) is 3.49. The Bertz CT molecular complexity index is 1220. The Hall–Kier alpha value is -3.49. The Morgan fingerprint density at radius 3 is 2.21 bits per heavy atom. The first-order chi connectivity index (χ1) is 18.6. The van der Waals surface area contributed by atoms with Crippen molar-refractivity contribution in [3.05, 3.63) is 70.4 Å². The molecule has 0 saturated carbocycles. The molecule has 0 atom stereocenters. The van der Waals surface area contributed by atoms with Crippen molar-refractivity contribution in [3.8, 4) is 23.0 Å². The number of anilines is 1. The lowest BCUT2D eigenvalue weighted by molar-refractivity contribution is -0.114. The van der Waals surface area contributed by atoms with Gasteiger partial charge in [0.05, 0.1) is 28.4 Å². The molecule has 1 fully saturated rings. The molecule has 202 valence electrons. The van der Waals surface area contributed by atoms with Crippen molar-refractivity contribution in [3.63, 3.8) is 0 Å². The summed E-state index contributed by atoms with van der Waals surface area (Å²) in [7, 11) is 6.53. The number of likely N-dealkylation sites (tertiary alicyclic amines) is 1. The number of rotatable bonds is 11. The van der Waals surface area contributed by atoms with Crippen LogP contribution in [0.1, 0.15) is 23.3 Å². The second-order valence-corrected chi connectivity index (χ2v) is 10.1. The first-order valence-corrected chi connectivity index (χ1v) is 13.6. The molecule has 7 nitrogen and oxygen atoms in total. The number of amides is 1. The van der Waals surface area contributed by atoms with Crippen molar-refractivity contribution in [1.29, 1.82) is 0 Å². The summed E-state index contributed by atoms with van der Waals surface area (Å²) in [6, 6.07) is 15.8. The van der Waals surface area contributed by atoms with E-state index in [2.05, 4.69) is 11.0 Å². The summed E-state index contributed by atoms with van der Waals surface area (Å²) in [6.07, 6.45) is 6.26. The van der Waals surface area contributed by atoms with Crippen molar-refractivity contribution in [2.75, 3.05) is 53.0 Å². The fraction of sp³-hybridized carbons (Fsp3) is 0.367. The minimum absolute atomic E-state index is 0.0330. The molecule has 8 heteroatoms. The molecule has 1 aromatic heterocycles. The van der Waals surface area contributed by atoms with Crippen LogP contribution in [0.5, 0.6) is 23.0 Å². The number of carbonyl (C=O) groups is 1. The van der Waals surface area contributed by atoms with E-state index in [-0.39, 0.29) is 11.9 Å². The molecule has 1 aliphatic rings. The molecular formula is C30H36N2O5S. The quantitative estimate of drug-likeness (QED) is 0.300. The van der Waals surface area contributed by atoms with Gasteiger partial charge in [-0.15, -0.1) is 11.3 Å². The Morgan fingerprint density at radius 1 is 0.921 bits per heavy atom. The molecule has 1 aliphatic heterocycles. The monoisotopic (exact) mass is 536 g/mol. The van der Waals surface area contributed by atoms with Gasteiger partial charge < -0.3 is 28.7 Å². The normalized spacial score (nSPS) is 14.4. The zero-order chi connectivity index (χ0) is 26.9. The van der Waals surface area contributed by atoms with E-state index in [4.69, 9.17) is 18.9 Å². The summed E-state index contributed by atoms with van der Waals surface area (Å²) in [5, 5.41) is 2.01. The number of thiophene rings is 1. The van der Waals surface area contributed by atoms with Crippen LogP contribution in [0.15, 0.2) is 60.0 Å². The summed E-state index contributed by atoms with van der Waals surface area (Å²) >= 11 is 1.61. The van der Waals surface area contributed by atoms with E-state index >= 15 is 0 Å². The second-order valence-electron chi connectivity index (χ2n) is 9.11. The van der Waals surface area contributed by atoms with Gasteiger partial charge in [0.1, 0.15) is 0 Å². The Kier molecular flexibility index (Phi) is 9.67. The van der Waals surface area contributed by atoms with Crippen molar-refractivity contribution >= 4 is 29.0 Å². The van der Waals surface area contributed by atoms with E-state index in [0.29, 0.717) is 11.5 Å². The zero-order valence-corrected chi connectivity index (χ0v) is 23.3. The predicted octanol–water partition coefficient (Wildman–Crippen LogP) is 5.54. The molecule has 0 unspecified atom stereocenters. The van der Waals surface area contributed by atoms with Crippen molar-refractivity contribution < 1.29 is 23.7 Å². The lowest BCUT2D eigenvalue weighted by atomic mass is 10.0. The summed E-state index contributed by atoms with van der Waals surface area (Å²) in [4.78, 5) is 19.0. The largest absolute Gasteiger partial charge is 0.493 e. The summed E-state index contributed by atoms with van der Waals surface area (Å²) in [5.74, 6) is 2.71. The van der Waals surface area contributed by atoms with Gasteiger partial charge in [0.25, 0.3) is 5.91 Å². The van der Waals surface area contributed by atoms with Crippen LogP contribution >= 0.6 is 11.3 Å². The topological polar surface area (TPSA) is 60.5 Å². The maximum Gasteiger partial charge on any atom is 0.251 e. The first-order valence-electron chi connectivity index (χ1n) is 12.8. The van der Waals surface area contributed by atoms with Crippen molar-refractivity contribution in [2.24, 2.45) is 0 Å². The molecule has 3 aromatic rings. The van der Waals surface area contributed by atoms with Gasteiger partial charge in [-0.1, -0.05) is 12.1 Å². The molecule has 0 spiro atoms. The van der Waals surface area contributed by atoms with Crippen molar-refractivity contribution in [2.45, 2.75) is 25.3 Å². The van der Waals surface area contributed by atoms with Crippen LogP contribution in [0.2, 0.25) is 0 Å². The van der Waals surface area contributed by atoms with Gasteiger partial charge in [0.15, 0.2) is 23.0 Å². The molecule has 0 bridgehead atoms. The van der Waals surface area contributed by atoms with Crippen LogP contribution in [0.25, 0.3) is 6.08 Å². The lowest BCUT2D eigenvalue weighted by Crippen LogP contribution is -2.47. The van der Waals surface area contributed by atoms with Crippen LogP contribution in [0, 0.1) is 0 Å². The molecule has 1 amide bonds. The fourth-order valence-electron chi connectivity index (χ4n) is 4.84. The number of piperidine rings is 1. The van der Waals surface area contributed by atoms with E-state index in [0.717, 1.165) is 61.0 Å². The Morgan fingerprint density at radius 2 is 1.58 bits per heavy atom. The van der Waals surface area contributed by atoms with Crippen molar-refractivity contribution in [1.82, 2.24) is 4.90 Å². The number of carbonyl (C=O) groups excluding carboxylic acids is 1. The third kappa shape index (κ3) is 6.68. The summed E-state index contributed by atoms with van der Waals surface area (Å²) in [5.41, 5.74) is 2.03. The van der Waals surface area contributed by atoms with E-state index in [1.54, 1.807) is 45.9 Å². The smallest absolute Gasteiger partial charge is 0.251 e. The number of nitrogens with zero attached hydrogens (tertiary/aromatic N) is 2. The highest BCUT2D eigenvalue weighted by Crippen LogP contribution is 2.34. The number of hydrogen-bond acceptors (Lipinski definition) is 7. The Labute approximate surface area is 229 Å². The minimum atomic E-state index is -0.0330. The molecule has 0 N–H and O–H groups in total. The zero-order valence-electron chi connectivity index (χ0n) is 22.5. The van der Waals surface area contributed by atoms with Gasteiger partial charge in [-0.05, 0) is 66.6 Å². The molecule has 0 radical (unpaired) electrons. The first kappa shape index (κ1) is 27.5. The number of hydrogen-bond donors (Lipinski definition) is 0. The van der Waals surface area contributed by atoms with E-state index < -0.39 is 0 Å². The number of ether oxygens (including phenoxy) is 4. The minimum Gasteiger partial charge on any atom is -0.493 e. The van der Waals surface area contributed by atoms with Gasteiger partial charge in [-0.3, -0.25) is 4.79 Å². The highest BCUT2D eigenvalue weighted by atomic mass is 32.1. The maximum absolute atomic E-state index is 13.5. The summed E-state index contributed by atoms with van der Waals surface area (Å²) < 4.78 is 21.8. The van der Waals surface area contributed by atoms with Gasteiger partial charge in [-0.25, -0.2) is 0 Å². The molecule has 1 saturated heterocycles. The van der Waals surface area contributed by atoms with E-state index in [1.807, 2.05) is 58.8 Å². The molecule has 4 rings (SSSR count). The SMILES string of the molecule is COc1ccc(CCN2CCC(N(C(=O)C=Cc3cccs3)c3ccc(OC)c(OC)c3)CC2)cc1OC. The molecule has 2 aromatic carbocycles. The highest BCUT2D eigenvalue weighted by molar-refractivity contribution is 7.10. The van der Waals surface area contributed by atoms with Crippen LogP contribution in [0.4, 0.5) is 5.69 Å². The van der Waals surface area contributed by atoms with Crippen LogP contribution in [-0.2, 0) is 11.2 Å². The molecule has 0 aliphatic carbocycles. The second kappa shape index (κ2) is 13.3. The van der Waals surface area contributed by atoms with Gasteiger partial charge >= 0.3 is 0 Å². The van der Waals surface area contributed by atoms with Gasteiger partial charge in [0.2, 0.25) is 0 Å². The van der Waals surface area contributed by atoms with Crippen LogP contribution in [0.3, 0.4) is 0 Å². The Balaban J connectivity index is 1.45. The molecule has 2 heterocycles. The van der Waals surface area contributed by atoms with E-state index in [9.17, 15) is 4.79 Å². The lowest BCUT2D eigenvalue weighted by Gasteiger charge is -2.38. The predicted molar refractivity (Wildman–Crippen MR) is 153 cm³/mol. The van der Waals surface area contributed by atoms with E-state index in [1.165, 1.54) is 5.56 Å². The maximum atomic E-state index is 13.5. The van der Waals surface area contributed by atoms with Crippen LogP contribution in [-0.4, -0.2) is 64.9 Å². The third-order valence-electron chi connectivity index (χ3n) is 6.90. The third-order valence-corrected chi connectivity index (χ3v) is 7.74. The number of methoxy groups -OCH3 is 4.